The number of nitrogens with one attached hydrogen (secondary N) is 1. The van der Waals surface area contributed by atoms with Crippen LogP contribution in [0.5, 0.6) is 0 Å². The Morgan fingerprint density at radius 1 is 1.05 bits per heavy atom. The van der Waals surface area contributed by atoms with Crippen molar-refractivity contribution in [2.45, 2.75) is 5.75 Å². The molecule has 112 valence electrons. The van der Waals surface area contributed by atoms with Crippen molar-refractivity contribution >= 4 is 20.7 Å². The highest BCUT2D eigenvalue weighted by atomic mass is 32.2. The molecule has 0 saturated heterocycles. The molecule has 2 aromatic carbocycles. The Hall–Kier alpha value is -2.47. The van der Waals surface area contributed by atoms with Crippen LogP contribution >= 0.6 is 0 Å². The van der Waals surface area contributed by atoms with E-state index >= 15 is 0 Å². The van der Waals surface area contributed by atoms with E-state index in [9.17, 15) is 13.2 Å². The Morgan fingerprint density at radius 2 is 1.73 bits per heavy atom. The molecule has 0 aliphatic carbocycles. The summed E-state index contributed by atoms with van der Waals surface area (Å²) >= 11 is 0. The molecule has 5 nitrogen and oxygen atoms in total. The van der Waals surface area contributed by atoms with Crippen LogP contribution in [0.25, 0.3) is 22.3 Å². The SMILES string of the molecule is CS(=O)(=O)Cc1ccc(-c2nc3ccccc3c(=O)[nH]2)cc1. The van der Waals surface area contributed by atoms with E-state index in [2.05, 4.69) is 9.97 Å². The summed E-state index contributed by atoms with van der Waals surface area (Å²) in [4.78, 5) is 19.2. The van der Waals surface area contributed by atoms with E-state index < -0.39 is 9.84 Å². The Labute approximate surface area is 127 Å². The first-order chi connectivity index (χ1) is 10.4. The smallest absolute Gasteiger partial charge is 0.259 e. The maximum absolute atomic E-state index is 12.1. The summed E-state index contributed by atoms with van der Waals surface area (Å²) < 4.78 is 22.6. The third-order valence-corrected chi connectivity index (χ3v) is 4.13. The van der Waals surface area contributed by atoms with Crippen molar-refractivity contribution in [3.8, 4) is 11.4 Å². The zero-order valence-electron chi connectivity index (χ0n) is 11.9. The van der Waals surface area contributed by atoms with E-state index in [-0.39, 0.29) is 11.3 Å². The van der Waals surface area contributed by atoms with Gasteiger partial charge in [-0.3, -0.25) is 4.79 Å². The lowest BCUT2D eigenvalue weighted by atomic mass is 10.1. The summed E-state index contributed by atoms with van der Waals surface area (Å²) in [6, 6.07) is 14.1. The molecule has 0 aliphatic heterocycles. The van der Waals surface area contributed by atoms with Gasteiger partial charge in [0, 0.05) is 11.8 Å². The number of para-hydroxylation sites is 1. The monoisotopic (exact) mass is 314 g/mol. The number of hydrogen-bond acceptors (Lipinski definition) is 4. The topological polar surface area (TPSA) is 79.9 Å². The molecule has 3 aromatic rings. The predicted molar refractivity (Wildman–Crippen MR) is 86.3 cm³/mol. The number of aromatic amines is 1. The number of fused-ring (bicyclic) bond motifs is 1. The number of sulfone groups is 1. The van der Waals surface area contributed by atoms with Crippen LogP contribution in [0.15, 0.2) is 53.3 Å². The molecule has 22 heavy (non-hydrogen) atoms. The number of benzene rings is 2. The van der Waals surface area contributed by atoms with Crippen molar-refractivity contribution in [2.75, 3.05) is 6.26 Å². The van der Waals surface area contributed by atoms with Gasteiger partial charge in [0.1, 0.15) is 5.82 Å². The summed E-state index contributed by atoms with van der Waals surface area (Å²) in [5.41, 5.74) is 1.87. The van der Waals surface area contributed by atoms with Crippen molar-refractivity contribution in [2.24, 2.45) is 0 Å². The standard InChI is InChI=1S/C16H14N2O3S/c1-22(20,21)10-11-6-8-12(9-7-11)15-17-14-5-3-2-4-13(14)16(19)18-15/h2-9H,10H2,1H3,(H,17,18,19). The number of H-pyrrole nitrogens is 1. The lowest BCUT2D eigenvalue weighted by Gasteiger charge is -2.05. The minimum absolute atomic E-state index is 0.00501. The molecular formula is C16H14N2O3S. The van der Waals surface area contributed by atoms with Crippen LogP contribution in [-0.4, -0.2) is 24.6 Å². The van der Waals surface area contributed by atoms with E-state index in [1.807, 2.05) is 6.07 Å². The zero-order chi connectivity index (χ0) is 15.7. The lowest BCUT2D eigenvalue weighted by Crippen LogP contribution is -2.09. The Balaban J connectivity index is 2.03. The molecular weight excluding hydrogens is 300 g/mol. The highest BCUT2D eigenvalue weighted by Crippen LogP contribution is 2.17. The number of nitrogens with zero attached hydrogens (tertiary/aromatic N) is 1. The van der Waals surface area contributed by atoms with E-state index in [4.69, 9.17) is 0 Å². The van der Waals surface area contributed by atoms with Gasteiger partial charge >= 0.3 is 0 Å². The highest BCUT2D eigenvalue weighted by molar-refractivity contribution is 7.89. The quantitative estimate of drug-likeness (QED) is 0.803. The van der Waals surface area contributed by atoms with Gasteiger partial charge in [-0.05, 0) is 17.7 Å². The average Bonchev–Trinajstić information content (AvgIpc) is 2.46. The molecule has 0 saturated carbocycles. The van der Waals surface area contributed by atoms with Gasteiger partial charge in [-0.25, -0.2) is 13.4 Å². The molecule has 0 spiro atoms. The molecule has 1 heterocycles. The second kappa shape index (κ2) is 5.38. The molecule has 6 heteroatoms. The minimum atomic E-state index is -3.06. The van der Waals surface area contributed by atoms with Crippen LogP contribution < -0.4 is 5.56 Å². The third-order valence-electron chi connectivity index (χ3n) is 3.27. The molecule has 0 atom stereocenters. The van der Waals surface area contributed by atoms with E-state index in [1.165, 1.54) is 6.26 Å². The van der Waals surface area contributed by atoms with Gasteiger partial charge in [-0.15, -0.1) is 0 Å². The largest absolute Gasteiger partial charge is 0.306 e. The number of rotatable bonds is 3. The van der Waals surface area contributed by atoms with Crippen LogP contribution in [0.2, 0.25) is 0 Å². The van der Waals surface area contributed by atoms with Crippen LogP contribution in [0.4, 0.5) is 0 Å². The first-order valence-electron chi connectivity index (χ1n) is 6.68. The third kappa shape index (κ3) is 3.07. The molecule has 0 bridgehead atoms. The van der Waals surface area contributed by atoms with Gasteiger partial charge in [-0.2, -0.15) is 0 Å². The van der Waals surface area contributed by atoms with Gasteiger partial charge in [0.25, 0.3) is 5.56 Å². The Morgan fingerprint density at radius 3 is 2.41 bits per heavy atom. The molecule has 0 amide bonds. The molecule has 1 N–H and O–H groups in total. The molecule has 0 fully saturated rings. The lowest BCUT2D eigenvalue weighted by molar-refractivity contribution is 0.601. The Bertz CT molecular complexity index is 990. The van der Waals surface area contributed by atoms with Gasteiger partial charge < -0.3 is 4.98 Å². The van der Waals surface area contributed by atoms with E-state index in [1.54, 1.807) is 42.5 Å². The van der Waals surface area contributed by atoms with Crippen molar-refractivity contribution in [3.63, 3.8) is 0 Å². The van der Waals surface area contributed by atoms with Crippen LogP contribution in [-0.2, 0) is 15.6 Å². The van der Waals surface area contributed by atoms with Crippen LogP contribution in [0.1, 0.15) is 5.56 Å². The second-order valence-electron chi connectivity index (χ2n) is 5.20. The summed E-state index contributed by atoms with van der Waals surface area (Å²) in [7, 11) is -3.06. The first kappa shape index (κ1) is 14.5. The van der Waals surface area contributed by atoms with Crippen LogP contribution in [0.3, 0.4) is 0 Å². The minimum Gasteiger partial charge on any atom is -0.306 e. The fraction of sp³-hybridized carbons (Fsp3) is 0.125. The average molecular weight is 314 g/mol. The zero-order valence-corrected chi connectivity index (χ0v) is 12.7. The van der Waals surface area contributed by atoms with Crippen molar-refractivity contribution in [1.82, 2.24) is 9.97 Å². The highest BCUT2D eigenvalue weighted by Gasteiger charge is 2.07. The van der Waals surface area contributed by atoms with Gasteiger partial charge in [0.2, 0.25) is 0 Å². The molecule has 0 radical (unpaired) electrons. The van der Waals surface area contributed by atoms with E-state index in [0.717, 1.165) is 5.56 Å². The number of aromatic nitrogens is 2. The van der Waals surface area contributed by atoms with Crippen LogP contribution in [0, 0.1) is 0 Å². The predicted octanol–water partition coefficient (Wildman–Crippen LogP) is 2.13. The van der Waals surface area contributed by atoms with E-state index in [0.29, 0.717) is 22.3 Å². The van der Waals surface area contributed by atoms with Crippen molar-refractivity contribution < 1.29 is 8.42 Å². The molecule has 0 unspecified atom stereocenters. The first-order valence-corrected chi connectivity index (χ1v) is 8.74. The molecule has 0 aliphatic rings. The summed E-state index contributed by atoms with van der Waals surface area (Å²) in [6.07, 6.45) is 1.20. The Kier molecular flexibility index (Phi) is 3.54. The number of hydrogen-bond donors (Lipinski definition) is 1. The maximum Gasteiger partial charge on any atom is 0.259 e. The van der Waals surface area contributed by atoms with Crippen molar-refractivity contribution in [1.29, 1.82) is 0 Å². The van der Waals surface area contributed by atoms with Gasteiger partial charge in [0.15, 0.2) is 9.84 Å². The second-order valence-corrected chi connectivity index (χ2v) is 7.34. The maximum atomic E-state index is 12.1. The van der Waals surface area contributed by atoms with Gasteiger partial charge in [0.05, 0.1) is 16.7 Å². The van der Waals surface area contributed by atoms with Gasteiger partial charge in [-0.1, -0.05) is 36.4 Å². The fourth-order valence-electron chi connectivity index (χ4n) is 2.28. The summed E-state index contributed by atoms with van der Waals surface area (Å²) in [5.74, 6) is 0.462. The fourth-order valence-corrected chi connectivity index (χ4v) is 3.08. The summed E-state index contributed by atoms with van der Waals surface area (Å²) in [6.45, 7) is 0. The normalized spacial score (nSPS) is 11.7. The summed E-state index contributed by atoms with van der Waals surface area (Å²) in [5, 5.41) is 0.542. The van der Waals surface area contributed by atoms with Crippen molar-refractivity contribution in [3.05, 3.63) is 64.4 Å². The molecule has 1 aromatic heterocycles. The molecule has 3 rings (SSSR count).